The van der Waals surface area contributed by atoms with Crippen LogP contribution in [0.25, 0.3) is 0 Å². The monoisotopic (exact) mass is 173 g/mol. The Morgan fingerprint density at radius 3 is 2.20 bits per heavy atom. The standard InChI is InChI=1S/CH4FN3O4S/c2-10(8,9)5(3)1(6)4-7/h7H,3H2,(H,4,6). The lowest BCUT2D eigenvalue weighted by molar-refractivity contribution is 0.146. The maximum absolute atomic E-state index is 11.6. The summed E-state index contributed by atoms with van der Waals surface area (Å²) in [5, 5.41) is 7.72. The van der Waals surface area contributed by atoms with Gasteiger partial charge < -0.3 is 0 Å². The Bertz CT molecular complexity index is 223. The average molecular weight is 173 g/mol. The van der Waals surface area contributed by atoms with Crippen molar-refractivity contribution in [1.29, 1.82) is 0 Å². The van der Waals surface area contributed by atoms with E-state index in [2.05, 4.69) is 5.84 Å². The van der Waals surface area contributed by atoms with E-state index in [-0.39, 0.29) is 0 Å². The van der Waals surface area contributed by atoms with Crippen LogP contribution in [0.3, 0.4) is 0 Å². The number of halogens is 1. The van der Waals surface area contributed by atoms with Gasteiger partial charge in [-0.2, -0.15) is 8.42 Å². The minimum atomic E-state index is -5.28. The Labute approximate surface area is 55.5 Å². The van der Waals surface area contributed by atoms with Crippen molar-refractivity contribution in [2.45, 2.75) is 0 Å². The van der Waals surface area contributed by atoms with Gasteiger partial charge in [-0.3, -0.25) is 5.21 Å². The number of nitrogens with zero attached hydrogens (tertiary/aromatic N) is 1. The zero-order valence-electron chi connectivity index (χ0n) is 4.48. The van der Waals surface area contributed by atoms with E-state index >= 15 is 0 Å². The molecule has 0 aromatic rings. The molecule has 4 N–H and O–H groups in total. The molecule has 0 bridgehead atoms. The number of rotatable bonds is 1. The van der Waals surface area contributed by atoms with Crippen molar-refractivity contribution in [1.82, 2.24) is 9.89 Å². The summed E-state index contributed by atoms with van der Waals surface area (Å²) < 4.78 is 30.2. The Hall–Kier alpha value is -0.930. The van der Waals surface area contributed by atoms with E-state index in [1.54, 1.807) is 0 Å². The van der Waals surface area contributed by atoms with Crippen LogP contribution < -0.4 is 11.3 Å². The lowest BCUT2D eigenvalue weighted by atomic mass is 11.1. The molecule has 0 aliphatic carbocycles. The number of hydrazine groups is 1. The highest BCUT2D eigenvalue weighted by atomic mass is 32.3. The molecule has 2 amide bonds. The van der Waals surface area contributed by atoms with Crippen LogP contribution in [0.15, 0.2) is 0 Å². The molecule has 9 heteroatoms. The Balaban J connectivity index is 4.39. The SMILES string of the molecule is NN(C(=O)NO)S(=O)(=O)F. The molecular formula is CH4FN3O4S. The van der Waals surface area contributed by atoms with E-state index < -0.39 is 20.9 Å². The van der Waals surface area contributed by atoms with Crippen molar-refractivity contribution in [3.8, 4) is 0 Å². The van der Waals surface area contributed by atoms with Gasteiger partial charge in [-0.25, -0.2) is 16.1 Å². The summed E-state index contributed by atoms with van der Waals surface area (Å²) in [5.74, 6) is 4.30. The molecule has 60 valence electrons. The summed E-state index contributed by atoms with van der Waals surface area (Å²) in [5.41, 5.74) is 0.814. The predicted molar refractivity (Wildman–Crippen MR) is 26.4 cm³/mol. The zero-order chi connectivity index (χ0) is 8.36. The van der Waals surface area contributed by atoms with Gasteiger partial charge in [0.15, 0.2) is 0 Å². The lowest BCUT2D eigenvalue weighted by Gasteiger charge is -2.07. The number of amides is 2. The number of urea groups is 1. The molecule has 0 saturated carbocycles. The Morgan fingerprint density at radius 1 is 1.70 bits per heavy atom. The number of carbonyl (C=O) groups excluding carboxylic acids is 1. The second-order valence-electron chi connectivity index (χ2n) is 1.15. The average Bonchev–Trinajstić information content (AvgIpc) is 1.83. The highest BCUT2D eigenvalue weighted by molar-refractivity contribution is 7.84. The maximum atomic E-state index is 11.6. The maximum Gasteiger partial charge on any atom is 0.417 e. The first kappa shape index (κ1) is 9.07. The molecule has 10 heavy (non-hydrogen) atoms. The van der Waals surface area contributed by atoms with Gasteiger partial charge in [0.2, 0.25) is 0 Å². The first-order valence-corrected chi connectivity index (χ1v) is 3.17. The molecule has 0 fully saturated rings. The van der Waals surface area contributed by atoms with E-state index in [1.165, 1.54) is 0 Å². The third-order valence-electron chi connectivity index (χ3n) is 0.531. The molecule has 0 atom stereocenters. The normalized spacial score (nSPS) is 10.7. The van der Waals surface area contributed by atoms with Gasteiger partial charge in [0.25, 0.3) is 0 Å². The lowest BCUT2D eigenvalue weighted by Crippen LogP contribution is -2.45. The number of nitrogens with two attached hydrogens (primary N) is 1. The van der Waals surface area contributed by atoms with Crippen LogP contribution >= 0.6 is 0 Å². The van der Waals surface area contributed by atoms with Crippen molar-refractivity contribution < 1.29 is 22.3 Å². The quantitative estimate of drug-likeness (QED) is 0.146. The van der Waals surface area contributed by atoms with Crippen molar-refractivity contribution in [2.75, 3.05) is 0 Å². The largest absolute Gasteiger partial charge is 0.417 e. The number of nitrogens with one attached hydrogen (secondary N) is 1. The fraction of sp³-hybridized carbons (Fsp3) is 0. The second-order valence-corrected chi connectivity index (χ2v) is 2.37. The van der Waals surface area contributed by atoms with Crippen LogP contribution in [0, 0.1) is 0 Å². The molecule has 0 aromatic carbocycles. The molecule has 0 aliphatic heterocycles. The fourth-order valence-corrected chi connectivity index (χ4v) is 0.387. The highest BCUT2D eigenvalue weighted by Crippen LogP contribution is 1.94. The molecule has 0 heterocycles. The van der Waals surface area contributed by atoms with Crippen LogP contribution in [-0.2, 0) is 10.4 Å². The topological polar surface area (TPSA) is 113 Å². The van der Waals surface area contributed by atoms with Crippen molar-refractivity contribution >= 4 is 16.4 Å². The van der Waals surface area contributed by atoms with E-state index in [4.69, 9.17) is 5.21 Å². The highest BCUT2D eigenvalue weighted by Gasteiger charge is 2.22. The molecule has 0 aromatic heterocycles. The number of hydrogen-bond donors (Lipinski definition) is 3. The van der Waals surface area contributed by atoms with Crippen molar-refractivity contribution in [3.05, 3.63) is 0 Å². The van der Waals surface area contributed by atoms with E-state index in [1.807, 2.05) is 0 Å². The van der Waals surface area contributed by atoms with Gasteiger partial charge in [0.1, 0.15) is 0 Å². The summed E-state index contributed by atoms with van der Waals surface area (Å²) in [7, 11) is -5.28. The summed E-state index contributed by atoms with van der Waals surface area (Å²) in [6, 6.07) is -1.68. The number of carbonyl (C=O) groups is 1. The number of hydrogen-bond acceptors (Lipinski definition) is 5. The van der Waals surface area contributed by atoms with Crippen molar-refractivity contribution in [3.63, 3.8) is 0 Å². The van der Waals surface area contributed by atoms with Gasteiger partial charge in [-0.05, 0) is 0 Å². The minimum Gasteiger partial charge on any atom is -0.287 e. The van der Waals surface area contributed by atoms with Gasteiger partial charge in [0.05, 0.1) is 0 Å². The summed E-state index contributed by atoms with van der Waals surface area (Å²) in [6.07, 6.45) is 0. The Kier molecular flexibility index (Phi) is 2.51. The molecular weight excluding hydrogens is 169 g/mol. The van der Waals surface area contributed by atoms with Gasteiger partial charge in [-0.1, -0.05) is 3.89 Å². The molecule has 0 unspecified atom stereocenters. The number of hydroxylamine groups is 1. The Morgan fingerprint density at radius 2 is 2.10 bits per heavy atom. The molecule has 0 aliphatic rings. The first-order chi connectivity index (χ1) is 4.39. The third-order valence-corrected chi connectivity index (χ3v) is 1.17. The van der Waals surface area contributed by atoms with Gasteiger partial charge >= 0.3 is 16.4 Å². The van der Waals surface area contributed by atoms with Crippen LogP contribution in [0.1, 0.15) is 0 Å². The van der Waals surface area contributed by atoms with Crippen LogP contribution in [0.4, 0.5) is 8.68 Å². The second kappa shape index (κ2) is 2.77. The van der Waals surface area contributed by atoms with E-state index in [9.17, 15) is 17.1 Å². The molecule has 7 nitrogen and oxygen atoms in total. The predicted octanol–water partition coefficient (Wildman–Crippen LogP) is -1.52. The zero-order valence-corrected chi connectivity index (χ0v) is 5.30. The first-order valence-electron chi connectivity index (χ1n) is 1.83. The third kappa shape index (κ3) is 2.13. The molecule has 0 radical (unpaired) electrons. The molecule has 0 saturated heterocycles. The smallest absolute Gasteiger partial charge is 0.287 e. The summed E-state index contributed by atoms with van der Waals surface area (Å²) >= 11 is 0. The minimum absolute atomic E-state index is 0.785. The van der Waals surface area contributed by atoms with Gasteiger partial charge in [-0.15, -0.1) is 4.41 Å². The fourth-order valence-electron chi connectivity index (χ4n) is 0.148. The molecule has 0 spiro atoms. The summed E-state index contributed by atoms with van der Waals surface area (Å²) in [4.78, 5) is 9.98. The van der Waals surface area contributed by atoms with Crippen LogP contribution in [-0.4, -0.2) is 24.1 Å². The van der Waals surface area contributed by atoms with Crippen LogP contribution in [0.5, 0.6) is 0 Å². The summed E-state index contributed by atoms with van der Waals surface area (Å²) in [6.45, 7) is 0. The van der Waals surface area contributed by atoms with Crippen LogP contribution in [0.2, 0.25) is 0 Å². The van der Waals surface area contributed by atoms with Gasteiger partial charge in [0, 0.05) is 0 Å². The van der Waals surface area contributed by atoms with E-state index in [0.29, 0.717) is 0 Å². The van der Waals surface area contributed by atoms with E-state index in [0.717, 1.165) is 5.48 Å². The molecule has 0 rings (SSSR count). The van der Waals surface area contributed by atoms with Crippen molar-refractivity contribution in [2.24, 2.45) is 5.84 Å².